The number of hydrogen-bond acceptors (Lipinski definition) is 5. The van der Waals surface area contributed by atoms with Crippen molar-refractivity contribution in [2.45, 2.75) is 32.7 Å². The van der Waals surface area contributed by atoms with Gasteiger partial charge in [-0.05, 0) is 37.5 Å². The molecule has 32 heavy (non-hydrogen) atoms. The molecule has 7 heteroatoms. The monoisotopic (exact) mass is 430 g/mol. The number of benzene rings is 1. The van der Waals surface area contributed by atoms with Gasteiger partial charge in [0.15, 0.2) is 17.8 Å². The molecule has 1 spiro atoms. The maximum atomic E-state index is 13.4. The van der Waals surface area contributed by atoms with E-state index in [2.05, 4.69) is 15.3 Å². The van der Waals surface area contributed by atoms with Gasteiger partial charge in [-0.25, -0.2) is 4.98 Å². The van der Waals surface area contributed by atoms with Crippen LogP contribution in [0.15, 0.2) is 59.6 Å². The van der Waals surface area contributed by atoms with Crippen molar-refractivity contribution >= 4 is 11.8 Å². The first kappa shape index (κ1) is 20.4. The Hall–Kier alpha value is -3.48. The molecule has 164 valence electrons. The summed E-state index contributed by atoms with van der Waals surface area (Å²) in [7, 11) is 0. The summed E-state index contributed by atoms with van der Waals surface area (Å²) in [4.78, 5) is 36.6. The second-order valence-corrected chi connectivity index (χ2v) is 8.93. The molecule has 1 unspecified atom stereocenters. The molecule has 5 rings (SSSR count). The van der Waals surface area contributed by atoms with Crippen LogP contribution in [0, 0.1) is 18.3 Å². The van der Waals surface area contributed by atoms with E-state index in [0.29, 0.717) is 31.1 Å². The number of likely N-dealkylation sites (tertiary alicyclic amines) is 1. The summed E-state index contributed by atoms with van der Waals surface area (Å²) < 4.78 is 5.60. The Bertz CT molecular complexity index is 1140. The molecule has 1 N–H and O–H groups in total. The summed E-state index contributed by atoms with van der Waals surface area (Å²) >= 11 is 0. The Kier molecular flexibility index (Phi) is 5.25. The third kappa shape index (κ3) is 3.68. The van der Waals surface area contributed by atoms with Crippen molar-refractivity contribution in [1.29, 1.82) is 0 Å². The number of aryl methyl sites for hydroxylation is 1. The highest BCUT2D eigenvalue weighted by molar-refractivity contribution is 5.98. The first-order valence-electron chi connectivity index (χ1n) is 11.0. The van der Waals surface area contributed by atoms with Gasteiger partial charge < -0.3 is 14.6 Å². The summed E-state index contributed by atoms with van der Waals surface area (Å²) in [6.45, 7) is 3.42. The fourth-order valence-corrected chi connectivity index (χ4v) is 4.98. The van der Waals surface area contributed by atoms with Crippen LogP contribution in [0.1, 0.15) is 40.9 Å². The van der Waals surface area contributed by atoms with Crippen LogP contribution in [0.5, 0.6) is 0 Å². The molecule has 1 aliphatic heterocycles. The van der Waals surface area contributed by atoms with Crippen LogP contribution in [-0.4, -0.2) is 39.8 Å². The van der Waals surface area contributed by atoms with E-state index in [4.69, 9.17) is 4.42 Å². The van der Waals surface area contributed by atoms with Crippen LogP contribution in [0.3, 0.4) is 0 Å². The molecule has 3 heterocycles. The number of hydrogen-bond donors (Lipinski definition) is 1. The minimum atomic E-state index is -0.216. The Balaban J connectivity index is 1.33. The van der Waals surface area contributed by atoms with Crippen molar-refractivity contribution in [3.05, 3.63) is 72.0 Å². The highest BCUT2D eigenvalue weighted by Crippen LogP contribution is 2.52. The van der Waals surface area contributed by atoms with Crippen molar-refractivity contribution < 1.29 is 14.0 Å². The van der Waals surface area contributed by atoms with Gasteiger partial charge in [0, 0.05) is 43.0 Å². The lowest BCUT2D eigenvalue weighted by Gasteiger charge is -2.41. The fraction of sp³-hybridized carbons (Fsp3) is 0.360. The van der Waals surface area contributed by atoms with Gasteiger partial charge in [0.25, 0.3) is 5.91 Å². The molecule has 2 aromatic heterocycles. The van der Waals surface area contributed by atoms with E-state index >= 15 is 0 Å². The average Bonchev–Trinajstić information content (AvgIpc) is 3.43. The molecule has 0 bridgehead atoms. The number of nitrogens with zero attached hydrogens (tertiary/aromatic N) is 3. The molecule has 1 aromatic carbocycles. The topological polar surface area (TPSA) is 88.3 Å². The third-order valence-corrected chi connectivity index (χ3v) is 6.84. The van der Waals surface area contributed by atoms with E-state index in [0.717, 1.165) is 36.0 Å². The number of oxazole rings is 1. The highest BCUT2D eigenvalue weighted by atomic mass is 16.3. The Labute approximate surface area is 186 Å². The molecule has 2 fully saturated rings. The number of aromatic nitrogens is 2. The van der Waals surface area contributed by atoms with Gasteiger partial charge in [-0.15, -0.1) is 0 Å². The van der Waals surface area contributed by atoms with Crippen molar-refractivity contribution in [3.8, 4) is 11.3 Å². The second kappa shape index (κ2) is 8.22. The van der Waals surface area contributed by atoms with Crippen LogP contribution < -0.4 is 5.32 Å². The molecule has 1 atom stereocenters. The van der Waals surface area contributed by atoms with E-state index < -0.39 is 0 Å². The van der Waals surface area contributed by atoms with Gasteiger partial charge >= 0.3 is 0 Å². The van der Waals surface area contributed by atoms with E-state index in [1.165, 1.54) is 6.39 Å². The molecular formula is C25H26N4O3. The van der Waals surface area contributed by atoms with Gasteiger partial charge in [-0.2, -0.15) is 0 Å². The quantitative estimate of drug-likeness (QED) is 0.668. The minimum absolute atomic E-state index is 0.00270. The van der Waals surface area contributed by atoms with Crippen LogP contribution in [0.2, 0.25) is 0 Å². The summed E-state index contributed by atoms with van der Waals surface area (Å²) in [5, 5.41) is 3.05. The number of nitrogens with one attached hydrogen (secondary N) is 1. The SMILES string of the molecule is Cc1cccc(-c2ocnc2C(=O)N2CC(C(=O)NCc3cccnc3)C3(CCC3)C2)c1. The Morgan fingerprint density at radius 1 is 1.25 bits per heavy atom. The van der Waals surface area contributed by atoms with Crippen LogP contribution >= 0.6 is 0 Å². The first-order chi connectivity index (χ1) is 15.6. The third-order valence-electron chi connectivity index (χ3n) is 6.84. The standard InChI is InChI=1S/C25H26N4O3/c1-17-5-2-7-19(11-17)22-21(28-16-32-22)24(31)29-14-20(25(15-29)8-4-9-25)23(30)27-13-18-6-3-10-26-12-18/h2-3,5-7,10-12,16,20H,4,8-9,13-15H2,1H3,(H,27,30). The number of carbonyl (C=O) groups excluding carboxylic acids is 2. The lowest BCUT2D eigenvalue weighted by Crippen LogP contribution is -2.45. The van der Waals surface area contributed by atoms with Gasteiger partial charge in [-0.3, -0.25) is 14.6 Å². The molecule has 1 saturated heterocycles. The Morgan fingerprint density at radius 2 is 2.12 bits per heavy atom. The molecule has 2 aliphatic rings. The smallest absolute Gasteiger partial charge is 0.276 e. The maximum Gasteiger partial charge on any atom is 0.276 e. The van der Waals surface area contributed by atoms with E-state index in [-0.39, 0.29) is 23.1 Å². The normalized spacial score (nSPS) is 19.0. The minimum Gasteiger partial charge on any atom is -0.443 e. The van der Waals surface area contributed by atoms with E-state index in [1.807, 2.05) is 43.3 Å². The summed E-state index contributed by atoms with van der Waals surface area (Å²) in [5.74, 6) is 0.0871. The van der Waals surface area contributed by atoms with Crippen molar-refractivity contribution in [2.24, 2.45) is 11.3 Å². The molecule has 7 nitrogen and oxygen atoms in total. The number of carbonyl (C=O) groups is 2. The second-order valence-electron chi connectivity index (χ2n) is 8.93. The highest BCUT2D eigenvalue weighted by Gasteiger charge is 2.54. The predicted molar refractivity (Wildman–Crippen MR) is 118 cm³/mol. The molecule has 0 radical (unpaired) electrons. The molecule has 1 saturated carbocycles. The van der Waals surface area contributed by atoms with Crippen LogP contribution in [0.4, 0.5) is 0 Å². The van der Waals surface area contributed by atoms with Crippen LogP contribution in [-0.2, 0) is 11.3 Å². The van der Waals surface area contributed by atoms with Crippen molar-refractivity contribution in [1.82, 2.24) is 20.2 Å². The van der Waals surface area contributed by atoms with E-state index in [1.54, 1.807) is 17.3 Å². The van der Waals surface area contributed by atoms with E-state index in [9.17, 15) is 9.59 Å². The van der Waals surface area contributed by atoms with Gasteiger partial charge in [0.1, 0.15) is 0 Å². The molecule has 1 aliphatic carbocycles. The van der Waals surface area contributed by atoms with Crippen molar-refractivity contribution in [2.75, 3.05) is 13.1 Å². The van der Waals surface area contributed by atoms with Gasteiger partial charge in [0.05, 0.1) is 5.92 Å². The zero-order valence-corrected chi connectivity index (χ0v) is 18.1. The lowest BCUT2D eigenvalue weighted by atomic mass is 9.62. The summed E-state index contributed by atoms with van der Waals surface area (Å²) in [5.41, 5.74) is 3.04. The molecular weight excluding hydrogens is 404 g/mol. The summed E-state index contributed by atoms with van der Waals surface area (Å²) in [6, 6.07) is 11.6. The number of pyridine rings is 1. The lowest BCUT2D eigenvalue weighted by molar-refractivity contribution is -0.129. The van der Waals surface area contributed by atoms with Crippen molar-refractivity contribution in [3.63, 3.8) is 0 Å². The zero-order valence-electron chi connectivity index (χ0n) is 18.1. The number of rotatable bonds is 5. The predicted octanol–water partition coefficient (Wildman–Crippen LogP) is 3.60. The zero-order chi connectivity index (χ0) is 22.1. The number of amides is 2. The fourth-order valence-electron chi connectivity index (χ4n) is 4.98. The largest absolute Gasteiger partial charge is 0.443 e. The maximum absolute atomic E-state index is 13.4. The van der Waals surface area contributed by atoms with Crippen LogP contribution in [0.25, 0.3) is 11.3 Å². The summed E-state index contributed by atoms with van der Waals surface area (Å²) in [6.07, 6.45) is 7.80. The first-order valence-corrected chi connectivity index (χ1v) is 11.0. The Morgan fingerprint density at radius 3 is 2.84 bits per heavy atom. The average molecular weight is 431 g/mol. The molecule has 3 aromatic rings. The van der Waals surface area contributed by atoms with Gasteiger partial charge in [-0.1, -0.05) is 36.2 Å². The molecule has 2 amide bonds. The van der Waals surface area contributed by atoms with Gasteiger partial charge in [0.2, 0.25) is 5.91 Å².